The summed E-state index contributed by atoms with van der Waals surface area (Å²) in [4.78, 5) is 16.4. The van der Waals surface area contributed by atoms with Gasteiger partial charge in [-0.1, -0.05) is 31.4 Å². The predicted octanol–water partition coefficient (Wildman–Crippen LogP) is 3.76. The summed E-state index contributed by atoms with van der Waals surface area (Å²) in [5.74, 6) is 0.695. The zero-order valence-corrected chi connectivity index (χ0v) is 11.7. The highest BCUT2D eigenvalue weighted by atomic mass is 16.7. The van der Waals surface area contributed by atoms with Gasteiger partial charge in [-0.25, -0.2) is 9.86 Å². The lowest BCUT2D eigenvalue weighted by atomic mass is 9.84. The Morgan fingerprint density at radius 1 is 1.21 bits per heavy atom. The number of hydroxylamine groups is 2. The van der Waals surface area contributed by atoms with E-state index in [2.05, 4.69) is 17.4 Å². The van der Waals surface area contributed by atoms with Gasteiger partial charge in [-0.2, -0.15) is 0 Å². The lowest BCUT2D eigenvalue weighted by Gasteiger charge is -2.22. The monoisotopic (exact) mass is 262 g/mol. The number of urea groups is 1. The van der Waals surface area contributed by atoms with Gasteiger partial charge in [0.15, 0.2) is 0 Å². The zero-order valence-electron chi connectivity index (χ0n) is 11.7. The van der Waals surface area contributed by atoms with Gasteiger partial charge in [-0.05, 0) is 36.5 Å². The summed E-state index contributed by atoms with van der Waals surface area (Å²) in [5.41, 5.74) is 2.19. The van der Waals surface area contributed by atoms with Crippen LogP contribution >= 0.6 is 0 Å². The topological polar surface area (TPSA) is 41.6 Å². The molecule has 4 nitrogen and oxygen atoms in total. The number of carbonyl (C=O) groups is 1. The molecule has 0 atom stereocenters. The SMILES string of the molecule is CON(C)C(=O)Nc1ccc(C2CCCCC2)cc1. The third kappa shape index (κ3) is 3.70. The lowest BCUT2D eigenvalue weighted by Crippen LogP contribution is -2.30. The van der Waals surface area contributed by atoms with Gasteiger partial charge in [0, 0.05) is 12.7 Å². The van der Waals surface area contributed by atoms with Crippen molar-refractivity contribution in [3.8, 4) is 0 Å². The van der Waals surface area contributed by atoms with Crippen LogP contribution in [0.25, 0.3) is 0 Å². The number of hydrogen-bond acceptors (Lipinski definition) is 2. The Hall–Kier alpha value is -1.55. The van der Waals surface area contributed by atoms with Crippen LogP contribution in [0.2, 0.25) is 0 Å². The molecule has 0 aromatic heterocycles. The molecular weight excluding hydrogens is 240 g/mol. The van der Waals surface area contributed by atoms with Crippen molar-refractivity contribution in [1.82, 2.24) is 5.06 Å². The predicted molar refractivity (Wildman–Crippen MR) is 76.1 cm³/mol. The number of rotatable bonds is 3. The summed E-state index contributed by atoms with van der Waals surface area (Å²) >= 11 is 0. The first-order chi connectivity index (χ1) is 9.20. The second-order valence-corrected chi connectivity index (χ2v) is 5.07. The van der Waals surface area contributed by atoms with E-state index in [1.807, 2.05) is 12.1 Å². The van der Waals surface area contributed by atoms with E-state index in [4.69, 9.17) is 4.84 Å². The van der Waals surface area contributed by atoms with E-state index in [0.717, 1.165) is 10.8 Å². The van der Waals surface area contributed by atoms with E-state index in [9.17, 15) is 4.79 Å². The van der Waals surface area contributed by atoms with Crippen LogP contribution in [0, 0.1) is 0 Å². The Morgan fingerprint density at radius 2 is 1.84 bits per heavy atom. The minimum atomic E-state index is -0.270. The lowest BCUT2D eigenvalue weighted by molar-refractivity contribution is -0.0598. The van der Waals surface area contributed by atoms with Crippen LogP contribution in [0.5, 0.6) is 0 Å². The molecule has 1 aliphatic carbocycles. The number of anilines is 1. The number of amides is 2. The molecule has 0 saturated heterocycles. The molecule has 1 aromatic rings. The smallest absolute Gasteiger partial charge is 0.306 e. The summed E-state index contributed by atoms with van der Waals surface area (Å²) in [6, 6.07) is 7.90. The first kappa shape index (κ1) is 13.9. The highest BCUT2D eigenvalue weighted by Crippen LogP contribution is 2.32. The van der Waals surface area contributed by atoms with Crippen LogP contribution < -0.4 is 5.32 Å². The van der Waals surface area contributed by atoms with E-state index in [1.165, 1.54) is 44.8 Å². The highest BCUT2D eigenvalue weighted by molar-refractivity contribution is 5.88. The normalized spacial score (nSPS) is 16.1. The molecule has 0 spiro atoms. The van der Waals surface area contributed by atoms with Gasteiger partial charge in [0.2, 0.25) is 0 Å². The fourth-order valence-corrected chi connectivity index (χ4v) is 2.56. The molecule has 2 amide bonds. The summed E-state index contributed by atoms with van der Waals surface area (Å²) < 4.78 is 0. The van der Waals surface area contributed by atoms with Gasteiger partial charge in [0.05, 0.1) is 7.11 Å². The Labute approximate surface area is 114 Å². The Morgan fingerprint density at radius 3 is 2.42 bits per heavy atom. The molecule has 0 bridgehead atoms. The molecular formula is C15H22N2O2. The fourth-order valence-electron chi connectivity index (χ4n) is 2.56. The third-order valence-corrected chi connectivity index (χ3v) is 3.80. The number of carbonyl (C=O) groups excluding carboxylic acids is 1. The molecule has 2 rings (SSSR count). The fraction of sp³-hybridized carbons (Fsp3) is 0.533. The Kier molecular flexibility index (Phi) is 4.80. The van der Waals surface area contributed by atoms with E-state index in [1.54, 1.807) is 7.05 Å². The van der Waals surface area contributed by atoms with E-state index in [-0.39, 0.29) is 6.03 Å². The standard InChI is InChI=1S/C15H22N2O2/c1-17(19-2)15(18)16-14-10-8-13(9-11-14)12-6-4-3-5-7-12/h8-12H,3-7H2,1-2H3,(H,16,18). The maximum Gasteiger partial charge on any atom is 0.345 e. The molecule has 19 heavy (non-hydrogen) atoms. The summed E-state index contributed by atoms with van der Waals surface area (Å²) in [5, 5.41) is 3.95. The van der Waals surface area contributed by atoms with Crippen LogP contribution in [0.4, 0.5) is 10.5 Å². The van der Waals surface area contributed by atoms with Gasteiger partial charge < -0.3 is 5.32 Å². The van der Waals surface area contributed by atoms with Crippen LogP contribution in [0.15, 0.2) is 24.3 Å². The molecule has 0 aliphatic heterocycles. The van der Waals surface area contributed by atoms with Crippen molar-refractivity contribution in [2.45, 2.75) is 38.0 Å². The van der Waals surface area contributed by atoms with E-state index in [0.29, 0.717) is 5.92 Å². The second-order valence-electron chi connectivity index (χ2n) is 5.07. The molecule has 1 N–H and O–H groups in total. The number of nitrogens with zero attached hydrogens (tertiary/aromatic N) is 1. The molecule has 1 fully saturated rings. The summed E-state index contributed by atoms with van der Waals surface area (Å²) in [6.07, 6.45) is 6.62. The van der Waals surface area contributed by atoms with Crippen molar-refractivity contribution < 1.29 is 9.63 Å². The van der Waals surface area contributed by atoms with Gasteiger partial charge in [-0.3, -0.25) is 4.84 Å². The molecule has 0 heterocycles. The largest absolute Gasteiger partial charge is 0.345 e. The first-order valence-electron chi connectivity index (χ1n) is 6.89. The molecule has 1 aromatic carbocycles. The zero-order chi connectivity index (χ0) is 13.7. The second kappa shape index (κ2) is 6.57. The molecule has 0 radical (unpaired) electrons. The molecule has 0 unspecified atom stereocenters. The van der Waals surface area contributed by atoms with Crippen molar-refractivity contribution in [1.29, 1.82) is 0 Å². The van der Waals surface area contributed by atoms with Crippen molar-refractivity contribution >= 4 is 11.7 Å². The summed E-state index contributed by atoms with van der Waals surface area (Å²) in [7, 11) is 3.04. The number of benzene rings is 1. The molecule has 1 saturated carbocycles. The van der Waals surface area contributed by atoms with Gasteiger partial charge >= 0.3 is 6.03 Å². The van der Waals surface area contributed by atoms with Crippen LogP contribution in [0.1, 0.15) is 43.6 Å². The van der Waals surface area contributed by atoms with E-state index >= 15 is 0 Å². The van der Waals surface area contributed by atoms with Crippen molar-refractivity contribution in [3.05, 3.63) is 29.8 Å². The first-order valence-corrected chi connectivity index (χ1v) is 6.89. The van der Waals surface area contributed by atoms with Crippen molar-refractivity contribution in [2.24, 2.45) is 0 Å². The minimum Gasteiger partial charge on any atom is -0.306 e. The van der Waals surface area contributed by atoms with Crippen molar-refractivity contribution in [3.63, 3.8) is 0 Å². The molecule has 1 aliphatic rings. The maximum atomic E-state index is 11.6. The quantitative estimate of drug-likeness (QED) is 0.843. The van der Waals surface area contributed by atoms with Crippen LogP contribution in [-0.4, -0.2) is 25.3 Å². The van der Waals surface area contributed by atoms with E-state index < -0.39 is 0 Å². The van der Waals surface area contributed by atoms with Crippen molar-refractivity contribution in [2.75, 3.05) is 19.5 Å². The van der Waals surface area contributed by atoms with Gasteiger partial charge in [-0.15, -0.1) is 0 Å². The maximum absolute atomic E-state index is 11.6. The third-order valence-electron chi connectivity index (χ3n) is 3.80. The Bertz CT molecular complexity index is 411. The highest BCUT2D eigenvalue weighted by Gasteiger charge is 2.15. The Balaban J connectivity index is 1.96. The number of hydrogen-bond donors (Lipinski definition) is 1. The average molecular weight is 262 g/mol. The summed E-state index contributed by atoms with van der Waals surface area (Å²) in [6.45, 7) is 0. The average Bonchev–Trinajstić information content (AvgIpc) is 2.48. The van der Waals surface area contributed by atoms with Gasteiger partial charge in [0.1, 0.15) is 0 Å². The van der Waals surface area contributed by atoms with Crippen LogP contribution in [0.3, 0.4) is 0 Å². The van der Waals surface area contributed by atoms with Gasteiger partial charge in [0.25, 0.3) is 0 Å². The molecule has 4 heteroatoms. The minimum absolute atomic E-state index is 0.270. The molecule has 104 valence electrons. The number of nitrogens with one attached hydrogen (secondary N) is 1. The van der Waals surface area contributed by atoms with Crippen LogP contribution in [-0.2, 0) is 4.84 Å².